The number of guanidine groups is 1. The van der Waals surface area contributed by atoms with E-state index in [-0.39, 0.29) is 5.41 Å². The summed E-state index contributed by atoms with van der Waals surface area (Å²) in [5.74, 6) is 1.05. The molecule has 0 saturated carbocycles. The van der Waals surface area contributed by atoms with Gasteiger partial charge in [-0.2, -0.15) is 0 Å². The average Bonchev–Trinajstić information content (AvgIpc) is 2.84. The molecule has 0 radical (unpaired) electrons. The highest BCUT2D eigenvalue weighted by molar-refractivity contribution is 5.80. The Morgan fingerprint density at radius 3 is 2.20 bits per heavy atom. The second kappa shape index (κ2) is 9.98. The van der Waals surface area contributed by atoms with Crippen LogP contribution in [0.2, 0.25) is 0 Å². The van der Waals surface area contributed by atoms with Crippen LogP contribution in [0.3, 0.4) is 0 Å². The van der Waals surface area contributed by atoms with Crippen LogP contribution < -0.4 is 10.2 Å². The zero-order valence-electron chi connectivity index (χ0n) is 18.1. The summed E-state index contributed by atoms with van der Waals surface area (Å²) in [5.41, 5.74) is 2.78. The highest BCUT2D eigenvalue weighted by Crippen LogP contribution is 2.35. The predicted octanol–water partition coefficient (Wildman–Crippen LogP) is 3.52. The number of nitrogens with zero attached hydrogens (tertiary/aromatic N) is 3. The number of hydrogen-bond acceptors (Lipinski definition) is 3. The average molecular weight is 407 g/mol. The van der Waals surface area contributed by atoms with Gasteiger partial charge in [0, 0.05) is 57.0 Å². The molecular weight excluding hydrogens is 372 g/mol. The van der Waals surface area contributed by atoms with E-state index in [1.165, 1.54) is 11.3 Å². The minimum absolute atomic E-state index is 0.0754. The molecule has 0 amide bonds. The third-order valence-corrected chi connectivity index (χ3v) is 6.40. The van der Waals surface area contributed by atoms with Crippen molar-refractivity contribution in [3.8, 4) is 0 Å². The highest BCUT2D eigenvalue weighted by atomic mass is 16.5. The van der Waals surface area contributed by atoms with Gasteiger partial charge >= 0.3 is 0 Å². The number of hydrogen-bond donors (Lipinski definition) is 1. The molecule has 2 aliphatic heterocycles. The van der Waals surface area contributed by atoms with Gasteiger partial charge in [-0.15, -0.1) is 0 Å². The SMILES string of the molecule is CCNC(=NCC1(c2ccccc2)CCOCC1)N1CCN(c2ccccc2)CC1. The Morgan fingerprint density at radius 1 is 0.933 bits per heavy atom. The summed E-state index contributed by atoms with van der Waals surface area (Å²) in [5, 5.41) is 3.54. The number of ether oxygens (including phenoxy) is 1. The van der Waals surface area contributed by atoms with Gasteiger partial charge in [-0.1, -0.05) is 48.5 Å². The van der Waals surface area contributed by atoms with Crippen LogP contribution in [0.4, 0.5) is 5.69 Å². The van der Waals surface area contributed by atoms with Crippen LogP contribution in [-0.2, 0) is 10.2 Å². The third-order valence-electron chi connectivity index (χ3n) is 6.40. The van der Waals surface area contributed by atoms with Gasteiger partial charge in [0.25, 0.3) is 0 Å². The maximum atomic E-state index is 5.69. The molecule has 160 valence electrons. The molecule has 5 nitrogen and oxygen atoms in total. The first-order valence-corrected chi connectivity index (χ1v) is 11.3. The van der Waals surface area contributed by atoms with Crippen LogP contribution in [0.5, 0.6) is 0 Å². The summed E-state index contributed by atoms with van der Waals surface area (Å²) >= 11 is 0. The molecule has 2 saturated heterocycles. The van der Waals surface area contributed by atoms with E-state index >= 15 is 0 Å². The molecule has 0 aliphatic carbocycles. The van der Waals surface area contributed by atoms with Crippen molar-refractivity contribution in [1.29, 1.82) is 0 Å². The lowest BCUT2D eigenvalue weighted by Gasteiger charge is -2.39. The standard InChI is InChI=1S/C25H34N4O/c1-2-26-24(29-17-15-28(16-18-29)23-11-7-4-8-12-23)27-21-25(13-19-30-20-14-25)22-9-5-3-6-10-22/h3-12H,2,13-21H2,1H3,(H,26,27). The molecule has 2 aromatic carbocycles. The van der Waals surface area contributed by atoms with Crippen LogP contribution in [0.1, 0.15) is 25.3 Å². The summed E-state index contributed by atoms with van der Waals surface area (Å²) in [6.45, 7) is 9.49. The van der Waals surface area contributed by atoms with E-state index in [2.05, 4.69) is 82.7 Å². The quantitative estimate of drug-likeness (QED) is 0.609. The molecule has 0 bridgehead atoms. The van der Waals surface area contributed by atoms with E-state index in [0.29, 0.717) is 0 Å². The zero-order chi connectivity index (χ0) is 20.7. The molecule has 30 heavy (non-hydrogen) atoms. The first kappa shape index (κ1) is 20.7. The maximum Gasteiger partial charge on any atom is 0.194 e. The molecule has 0 atom stereocenters. The normalized spacial score (nSPS) is 19.6. The van der Waals surface area contributed by atoms with Crippen LogP contribution in [-0.4, -0.2) is 63.3 Å². The lowest BCUT2D eigenvalue weighted by molar-refractivity contribution is 0.0530. The highest BCUT2D eigenvalue weighted by Gasteiger charge is 2.34. The van der Waals surface area contributed by atoms with E-state index in [1.807, 2.05) is 0 Å². The Bertz CT molecular complexity index is 794. The number of rotatable bonds is 5. The van der Waals surface area contributed by atoms with Gasteiger partial charge in [-0.3, -0.25) is 4.99 Å². The van der Waals surface area contributed by atoms with E-state index in [1.54, 1.807) is 0 Å². The number of para-hydroxylation sites is 1. The van der Waals surface area contributed by atoms with E-state index in [0.717, 1.165) is 71.3 Å². The van der Waals surface area contributed by atoms with Gasteiger partial charge in [0.15, 0.2) is 5.96 Å². The second-order valence-electron chi connectivity index (χ2n) is 8.24. The molecule has 0 aromatic heterocycles. The first-order valence-electron chi connectivity index (χ1n) is 11.3. The molecule has 1 N–H and O–H groups in total. The van der Waals surface area contributed by atoms with Crippen molar-refractivity contribution in [2.45, 2.75) is 25.2 Å². The Balaban J connectivity index is 1.47. The summed E-state index contributed by atoms with van der Waals surface area (Å²) in [6.07, 6.45) is 2.06. The fourth-order valence-electron chi connectivity index (χ4n) is 4.56. The number of piperazine rings is 1. The second-order valence-corrected chi connectivity index (χ2v) is 8.24. The van der Waals surface area contributed by atoms with Crippen molar-refractivity contribution in [3.05, 3.63) is 66.2 Å². The summed E-state index contributed by atoms with van der Waals surface area (Å²) in [4.78, 5) is 10.0. The zero-order valence-corrected chi connectivity index (χ0v) is 18.1. The van der Waals surface area contributed by atoms with Gasteiger partial charge in [-0.05, 0) is 37.5 Å². The fourth-order valence-corrected chi connectivity index (χ4v) is 4.56. The molecule has 0 spiro atoms. The molecule has 2 fully saturated rings. The van der Waals surface area contributed by atoms with Crippen molar-refractivity contribution >= 4 is 11.6 Å². The van der Waals surface area contributed by atoms with Gasteiger partial charge in [0.2, 0.25) is 0 Å². The molecule has 2 aromatic rings. The summed E-state index contributed by atoms with van der Waals surface area (Å²) in [6, 6.07) is 21.6. The molecule has 5 heteroatoms. The van der Waals surface area contributed by atoms with Gasteiger partial charge < -0.3 is 19.9 Å². The molecule has 2 heterocycles. The van der Waals surface area contributed by atoms with Crippen molar-refractivity contribution in [2.75, 3.05) is 57.4 Å². The van der Waals surface area contributed by atoms with Crippen molar-refractivity contribution < 1.29 is 4.74 Å². The van der Waals surface area contributed by atoms with Crippen molar-refractivity contribution in [3.63, 3.8) is 0 Å². The minimum Gasteiger partial charge on any atom is -0.381 e. The van der Waals surface area contributed by atoms with Crippen LogP contribution >= 0.6 is 0 Å². The predicted molar refractivity (Wildman–Crippen MR) is 124 cm³/mol. The smallest absolute Gasteiger partial charge is 0.194 e. The van der Waals surface area contributed by atoms with Gasteiger partial charge in [0.05, 0.1) is 6.54 Å². The third kappa shape index (κ3) is 4.78. The Hall–Kier alpha value is -2.53. The maximum absolute atomic E-state index is 5.69. The topological polar surface area (TPSA) is 40.1 Å². The molecule has 4 rings (SSSR count). The Kier molecular flexibility index (Phi) is 6.90. The summed E-state index contributed by atoms with van der Waals surface area (Å²) < 4.78 is 5.69. The van der Waals surface area contributed by atoms with Crippen LogP contribution in [0.25, 0.3) is 0 Å². The fraction of sp³-hybridized carbons (Fsp3) is 0.480. The van der Waals surface area contributed by atoms with Gasteiger partial charge in [-0.25, -0.2) is 0 Å². The Morgan fingerprint density at radius 2 is 1.57 bits per heavy atom. The molecule has 0 unspecified atom stereocenters. The van der Waals surface area contributed by atoms with E-state index in [4.69, 9.17) is 9.73 Å². The first-order chi connectivity index (χ1) is 14.8. The van der Waals surface area contributed by atoms with Crippen LogP contribution in [0.15, 0.2) is 65.7 Å². The van der Waals surface area contributed by atoms with E-state index in [9.17, 15) is 0 Å². The van der Waals surface area contributed by atoms with Crippen molar-refractivity contribution in [1.82, 2.24) is 10.2 Å². The van der Waals surface area contributed by atoms with Crippen LogP contribution in [0, 0.1) is 0 Å². The number of nitrogens with one attached hydrogen (secondary N) is 1. The van der Waals surface area contributed by atoms with E-state index < -0.39 is 0 Å². The van der Waals surface area contributed by atoms with Crippen molar-refractivity contribution in [2.24, 2.45) is 4.99 Å². The lowest BCUT2D eigenvalue weighted by atomic mass is 9.74. The number of benzene rings is 2. The van der Waals surface area contributed by atoms with Gasteiger partial charge in [0.1, 0.15) is 0 Å². The minimum atomic E-state index is 0.0754. The molecule has 2 aliphatic rings. The number of aliphatic imine (C=N–C) groups is 1. The molecular formula is C25H34N4O. The lowest BCUT2D eigenvalue weighted by Crippen LogP contribution is -2.53. The Labute approximate surface area is 180 Å². The summed E-state index contributed by atoms with van der Waals surface area (Å²) in [7, 11) is 0. The number of anilines is 1. The largest absolute Gasteiger partial charge is 0.381 e. The monoisotopic (exact) mass is 406 g/mol.